The van der Waals surface area contributed by atoms with Crippen LogP contribution in [0.25, 0.3) is 0 Å². The van der Waals surface area contributed by atoms with Gasteiger partial charge in [-0.2, -0.15) is 0 Å². The van der Waals surface area contributed by atoms with E-state index in [2.05, 4.69) is 10.2 Å². The fourth-order valence-electron chi connectivity index (χ4n) is 4.54. The molecule has 1 heterocycles. The molecule has 6 nitrogen and oxygen atoms in total. The van der Waals surface area contributed by atoms with Gasteiger partial charge in [0.1, 0.15) is 5.75 Å². The molecule has 3 aromatic rings. The molecule has 0 atom stereocenters. The van der Waals surface area contributed by atoms with Crippen LogP contribution in [0, 0.1) is 0 Å². The van der Waals surface area contributed by atoms with Gasteiger partial charge in [-0.25, -0.2) is 0 Å². The molecule has 0 spiro atoms. The zero-order valence-electron chi connectivity index (χ0n) is 21.0. The second kappa shape index (κ2) is 12.9. The zero-order chi connectivity index (χ0) is 25.2. The Labute approximate surface area is 213 Å². The summed E-state index contributed by atoms with van der Waals surface area (Å²) in [6, 6.07) is 24.8. The third-order valence-corrected chi connectivity index (χ3v) is 6.56. The normalized spacial score (nSPS) is 13.7. The summed E-state index contributed by atoms with van der Waals surface area (Å²) < 4.78 is 5.31. The topological polar surface area (TPSA) is 61.9 Å². The van der Waals surface area contributed by atoms with Gasteiger partial charge in [-0.1, -0.05) is 55.0 Å². The van der Waals surface area contributed by atoms with E-state index in [0.29, 0.717) is 30.8 Å². The first-order chi connectivity index (χ1) is 17.6. The molecule has 36 heavy (non-hydrogen) atoms. The molecule has 3 aromatic carbocycles. The molecule has 1 aliphatic heterocycles. The van der Waals surface area contributed by atoms with Gasteiger partial charge < -0.3 is 19.9 Å². The monoisotopic (exact) mass is 485 g/mol. The van der Waals surface area contributed by atoms with Gasteiger partial charge in [0.25, 0.3) is 5.91 Å². The van der Waals surface area contributed by atoms with Crippen LogP contribution in [0.5, 0.6) is 5.75 Å². The van der Waals surface area contributed by atoms with Crippen molar-refractivity contribution in [2.45, 2.75) is 32.2 Å². The molecule has 0 unspecified atom stereocenters. The summed E-state index contributed by atoms with van der Waals surface area (Å²) in [7, 11) is 1.59. The number of rotatable bonds is 10. The van der Waals surface area contributed by atoms with Crippen LogP contribution >= 0.6 is 0 Å². The number of nitrogens with one attached hydrogen (secondary N) is 1. The minimum Gasteiger partial charge on any atom is -0.497 e. The highest BCUT2D eigenvalue weighted by atomic mass is 16.5. The number of carbonyl (C=O) groups is 2. The van der Waals surface area contributed by atoms with Crippen molar-refractivity contribution in [1.29, 1.82) is 0 Å². The predicted molar refractivity (Wildman–Crippen MR) is 143 cm³/mol. The van der Waals surface area contributed by atoms with E-state index in [9.17, 15) is 9.59 Å². The Balaban J connectivity index is 1.42. The van der Waals surface area contributed by atoms with Crippen LogP contribution in [-0.4, -0.2) is 50.0 Å². The number of amides is 2. The van der Waals surface area contributed by atoms with Crippen molar-refractivity contribution in [3.05, 3.63) is 95.6 Å². The molecule has 4 rings (SSSR count). The summed E-state index contributed by atoms with van der Waals surface area (Å²) in [5, 5.41) is 3.04. The van der Waals surface area contributed by atoms with Crippen LogP contribution in [0.15, 0.2) is 78.9 Å². The van der Waals surface area contributed by atoms with Crippen molar-refractivity contribution < 1.29 is 14.3 Å². The van der Waals surface area contributed by atoms with Crippen molar-refractivity contribution in [2.75, 3.05) is 38.2 Å². The third kappa shape index (κ3) is 7.18. The number of anilines is 1. The largest absolute Gasteiger partial charge is 0.497 e. The molecule has 6 heteroatoms. The molecule has 1 fully saturated rings. The molecule has 1 N–H and O–H groups in total. The first-order valence-electron chi connectivity index (χ1n) is 12.7. The van der Waals surface area contributed by atoms with E-state index >= 15 is 0 Å². The number of benzene rings is 3. The van der Waals surface area contributed by atoms with Gasteiger partial charge in [-0.05, 0) is 67.4 Å². The van der Waals surface area contributed by atoms with E-state index in [-0.39, 0.29) is 11.8 Å². The Bertz CT molecular complexity index is 1130. The number of methoxy groups -OCH3 is 1. The standard InChI is InChI=1S/C30H35N3O3/c1-36-28-12-8-11-26(22-28)30(35)33(23-25-9-4-2-5-10-25)27-15-13-24(14-16-27)21-29(34)31-17-20-32-18-6-3-7-19-32/h2,4-5,8-16,22H,3,6-7,17-21,23H2,1H3,(H,31,34). The first-order valence-corrected chi connectivity index (χ1v) is 12.7. The predicted octanol–water partition coefficient (Wildman–Crippen LogP) is 4.69. The molecule has 0 aliphatic carbocycles. The first kappa shape index (κ1) is 25.5. The smallest absolute Gasteiger partial charge is 0.258 e. The van der Waals surface area contributed by atoms with Crippen molar-refractivity contribution in [2.24, 2.45) is 0 Å². The second-order valence-corrected chi connectivity index (χ2v) is 9.20. The number of nitrogens with zero attached hydrogens (tertiary/aromatic N) is 2. The molecular weight excluding hydrogens is 450 g/mol. The van der Waals surface area contributed by atoms with Crippen molar-refractivity contribution >= 4 is 17.5 Å². The van der Waals surface area contributed by atoms with E-state index in [1.54, 1.807) is 24.1 Å². The van der Waals surface area contributed by atoms with E-state index < -0.39 is 0 Å². The van der Waals surface area contributed by atoms with Crippen LogP contribution in [-0.2, 0) is 17.8 Å². The SMILES string of the molecule is COc1cccc(C(=O)N(Cc2ccccc2)c2ccc(CC(=O)NCCN3CCCCC3)cc2)c1. The summed E-state index contributed by atoms with van der Waals surface area (Å²) in [4.78, 5) is 30.2. The van der Waals surface area contributed by atoms with Gasteiger partial charge in [-0.15, -0.1) is 0 Å². The summed E-state index contributed by atoms with van der Waals surface area (Å²) in [5.74, 6) is 0.552. The van der Waals surface area contributed by atoms with Gasteiger partial charge in [0.2, 0.25) is 5.91 Å². The molecule has 188 valence electrons. The lowest BCUT2D eigenvalue weighted by atomic mass is 10.1. The average molecular weight is 486 g/mol. The summed E-state index contributed by atoms with van der Waals surface area (Å²) in [5.41, 5.74) is 3.29. The molecule has 0 aromatic heterocycles. The lowest BCUT2D eigenvalue weighted by Crippen LogP contribution is -2.38. The van der Waals surface area contributed by atoms with Crippen LogP contribution in [0.1, 0.15) is 40.7 Å². The van der Waals surface area contributed by atoms with E-state index in [1.807, 2.05) is 66.7 Å². The van der Waals surface area contributed by atoms with Crippen LogP contribution in [0.2, 0.25) is 0 Å². The van der Waals surface area contributed by atoms with Crippen LogP contribution < -0.4 is 15.0 Å². The molecule has 0 bridgehead atoms. The molecule has 2 amide bonds. The highest BCUT2D eigenvalue weighted by Gasteiger charge is 2.19. The van der Waals surface area contributed by atoms with E-state index in [1.165, 1.54) is 19.3 Å². The minimum atomic E-state index is -0.110. The van der Waals surface area contributed by atoms with Gasteiger partial charge in [0.15, 0.2) is 0 Å². The number of piperidine rings is 1. The second-order valence-electron chi connectivity index (χ2n) is 9.20. The Morgan fingerprint density at radius 2 is 1.64 bits per heavy atom. The summed E-state index contributed by atoms with van der Waals surface area (Å²) >= 11 is 0. The minimum absolute atomic E-state index is 0.0216. The summed E-state index contributed by atoms with van der Waals surface area (Å²) in [6.45, 7) is 4.28. The maximum absolute atomic E-state index is 13.5. The number of hydrogen-bond acceptors (Lipinski definition) is 4. The quantitative estimate of drug-likeness (QED) is 0.453. The maximum Gasteiger partial charge on any atom is 0.258 e. The van der Waals surface area contributed by atoms with Crippen molar-refractivity contribution in [3.8, 4) is 5.75 Å². The maximum atomic E-state index is 13.5. The van der Waals surface area contributed by atoms with Crippen LogP contribution in [0.4, 0.5) is 5.69 Å². The Morgan fingerprint density at radius 1 is 0.889 bits per heavy atom. The lowest BCUT2D eigenvalue weighted by Gasteiger charge is -2.26. The average Bonchev–Trinajstić information content (AvgIpc) is 2.93. The van der Waals surface area contributed by atoms with Crippen molar-refractivity contribution in [3.63, 3.8) is 0 Å². The molecular formula is C30H35N3O3. The highest BCUT2D eigenvalue weighted by molar-refractivity contribution is 6.06. The lowest BCUT2D eigenvalue weighted by molar-refractivity contribution is -0.120. The third-order valence-electron chi connectivity index (χ3n) is 6.56. The number of hydrogen-bond donors (Lipinski definition) is 1. The fraction of sp³-hybridized carbons (Fsp3) is 0.333. The Hall–Kier alpha value is -3.64. The van der Waals surface area contributed by atoms with Gasteiger partial charge in [0, 0.05) is 24.3 Å². The number of ether oxygens (including phenoxy) is 1. The Kier molecular flexibility index (Phi) is 9.11. The summed E-state index contributed by atoms with van der Waals surface area (Å²) in [6.07, 6.45) is 4.14. The zero-order valence-corrected chi connectivity index (χ0v) is 21.0. The Morgan fingerprint density at radius 3 is 2.36 bits per heavy atom. The van der Waals surface area contributed by atoms with Crippen LogP contribution in [0.3, 0.4) is 0 Å². The van der Waals surface area contributed by atoms with Crippen molar-refractivity contribution in [1.82, 2.24) is 10.2 Å². The molecule has 0 saturated carbocycles. The van der Waals surface area contributed by atoms with E-state index in [0.717, 1.165) is 36.4 Å². The molecule has 0 radical (unpaired) electrons. The number of carbonyl (C=O) groups excluding carboxylic acids is 2. The van der Waals surface area contributed by atoms with E-state index in [4.69, 9.17) is 4.74 Å². The van der Waals surface area contributed by atoms with Gasteiger partial charge in [-0.3, -0.25) is 9.59 Å². The molecule has 1 aliphatic rings. The van der Waals surface area contributed by atoms with Gasteiger partial charge >= 0.3 is 0 Å². The fourth-order valence-corrected chi connectivity index (χ4v) is 4.54. The number of likely N-dealkylation sites (tertiary alicyclic amines) is 1. The molecule has 1 saturated heterocycles. The highest BCUT2D eigenvalue weighted by Crippen LogP contribution is 2.23. The van der Waals surface area contributed by atoms with Gasteiger partial charge in [0.05, 0.1) is 20.1 Å².